The number of Topliss-reactive ketones (excluding diaryl/α,β-unsaturated/α-hetero) is 1. The number of phenols is 1. The number of aliphatic hydroxyl groups excluding tert-OH is 1. The molecule has 2 unspecified atom stereocenters. The van der Waals surface area contributed by atoms with Gasteiger partial charge in [0.05, 0.1) is 61.7 Å². The number of aliphatic hydroxyl groups is 1. The van der Waals surface area contributed by atoms with E-state index in [0.29, 0.717) is 23.8 Å². The van der Waals surface area contributed by atoms with Crippen molar-refractivity contribution < 1.29 is 57.2 Å². The zero-order valence-corrected chi connectivity index (χ0v) is 42.5. The van der Waals surface area contributed by atoms with Crippen LogP contribution in [0, 0.1) is 42.4 Å². The van der Waals surface area contributed by atoms with E-state index in [2.05, 4.69) is 33.1 Å². The summed E-state index contributed by atoms with van der Waals surface area (Å²) in [4.78, 5) is 60.9. The maximum absolute atomic E-state index is 14.8. The average Bonchev–Trinajstić information content (AvgIpc) is 3.83. The number of ketones is 1. The lowest BCUT2D eigenvalue weighted by Crippen LogP contribution is -2.55. The molecule has 3 aliphatic rings. The topological polar surface area (TPSA) is 193 Å². The first-order valence-corrected chi connectivity index (χ1v) is 24.0. The van der Waals surface area contributed by atoms with Gasteiger partial charge in [-0.25, -0.2) is 4.98 Å². The molecule has 1 saturated heterocycles. The van der Waals surface area contributed by atoms with Crippen molar-refractivity contribution in [3.8, 4) is 17.2 Å². The molecule has 3 N–H and O–H groups in total. The second kappa shape index (κ2) is 19.2. The molecule has 0 spiro atoms. The van der Waals surface area contributed by atoms with Crippen LogP contribution < -0.4 is 20.2 Å². The molecule has 15 heteroatoms. The van der Waals surface area contributed by atoms with Crippen LogP contribution in [0.3, 0.4) is 0 Å². The first kappa shape index (κ1) is 51.1. The fourth-order valence-corrected chi connectivity index (χ4v) is 10.3. The lowest BCUT2D eigenvalue weighted by Gasteiger charge is -2.42. The molecule has 0 aliphatic carbocycles. The number of rotatable bonds is 5. The third-order valence-electron chi connectivity index (χ3n) is 15.7. The minimum absolute atomic E-state index is 0.00982. The van der Waals surface area contributed by atoms with Crippen LogP contribution in [-0.4, -0.2) is 101 Å². The maximum atomic E-state index is 14.8. The number of benzene rings is 3. The number of aromatic hydroxyl groups is 1. The monoisotopic (exact) mass is 952 g/mol. The van der Waals surface area contributed by atoms with Crippen LogP contribution >= 0.6 is 0 Å². The van der Waals surface area contributed by atoms with Gasteiger partial charge in [0.15, 0.2) is 22.3 Å². The average molecular weight is 953 g/mol. The summed E-state index contributed by atoms with van der Waals surface area (Å²) in [6, 6.07) is 5.19. The van der Waals surface area contributed by atoms with Gasteiger partial charge in [0.25, 0.3) is 11.7 Å². The van der Waals surface area contributed by atoms with Crippen molar-refractivity contribution in [2.24, 2.45) is 35.5 Å². The van der Waals surface area contributed by atoms with Crippen molar-refractivity contribution in [3.63, 3.8) is 0 Å². The van der Waals surface area contributed by atoms with E-state index in [4.69, 9.17) is 33.1 Å². The number of fused-ring (bicyclic) bond motifs is 2. The molecule has 1 aromatic heterocycles. The number of carbonyl (C=O) groups excluding carboxylic acids is 3. The number of esters is 1. The van der Waals surface area contributed by atoms with Crippen LogP contribution in [-0.2, 0) is 23.8 Å². The SMILES string of the molecule is CO[C@H]1/C=C/O[C@@]2(C)Oc3c(C)c(=O)c4c(O)c(c5oc6cc(OCC7CC[N+](C)(C(C)(C)C)C7)ccc6nc5c4c3C2=O)NC(=O)/C(C)=C\C=C\[C@H](C)[C@H](O)[C@@H](C)[C@@H](C)[C@@H](C)[C@H](OC(C)=O)[C@@H]1C. The Balaban J connectivity index is 1.38. The summed E-state index contributed by atoms with van der Waals surface area (Å²) in [7, 11) is 3.79. The Kier molecular flexibility index (Phi) is 14.2. The number of nitrogens with one attached hydrogen (secondary N) is 1. The number of ether oxygens (including phenoxy) is 5. The molecule has 1 fully saturated rings. The van der Waals surface area contributed by atoms with Gasteiger partial charge < -0.3 is 48.1 Å². The zero-order valence-electron chi connectivity index (χ0n) is 42.5. The smallest absolute Gasteiger partial charge is 0.312 e. The Labute approximate surface area is 404 Å². The van der Waals surface area contributed by atoms with Gasteiger partial charge in [-0.3, -0.25) is 19.2 Å². The van der Waals surface area contributed by atoms with Gasteiger partial charge in [-0.05, 0) is 70.6 Å². The highest BCUT2D eigenvalue weighted by Gasteiger charge is 2.50. The summed E-state index contributed by atoms with van der Waals surface area (Å²) < 4.78 is 38.2. The number of nitrogens with zero attached hydrogens (tertiary/aromatic N) is 2. The van der Waals surface area contributed by atoms with E-state index >= 15 is 0 Å². The normalized spacial score (nSPS) is 32.1. The van der Waals surface area contributed by atoms with Gasteiger partial charge in [0, 0.05) is 67.7 Å². The minimum atomic E-state index is -2.01. The van der Waals surface area contributed by atoms with Gasteiger partial charge in [0.2, 0.25) is 0 Å². The van der Waals surface area contributed by atoms with Crippen molar-refractivity contribution in [2.45, 2.75) is 119 Å². The Morgan fingerprint density at radius 1 is 1.01 bits per heavy atom. The van der Waals surface area contributed by atoms with Gasteiger partial charge in [-0.1, -0.05) is 52.8 Å². The van der Waals surface area contributed by atoms with Crippen LogP contribution in [0.15, 0.2) is 63.6 Å². The molecule has 372 valence electrons. The molecule has 15 nitrogen and oxygen atoms in total. The molecular weight excluding hydrogens is 883 g/mol. The fourth-order valence-electron chi connectivity index (χ4n) is 10.3. The summed E-state index contributed by atoms with van der Waals surface area (Å²) in [6.45, 7) is 24.8. The largest absolute Gasteiger partial charge is 0.505 e. The minimum Gasteiger partial charge on any atom is -0.505 e. The molecule has 0 radical (unpaired) electrons. The highest BCUT2D eigenvalue weighted by Crippen LogP contribution is 2.49. The Morgan fingerprint density at radius 2 is 1.72 bits per heavy atom. The third-order valence-corrected chi connectivity index (χ3v) is 15.7. The van der Waals surface area contributed by atoms with Crippen molar-refractivity contribution in [2.75, 3.05) is 39.2 Å². The summed E-state index contributed by atoms with van der Waals surface area (Å²) in [5.74, 6) is -5.04. The molecule has 4 bridgehead atoms. The quantitative estimate of drug-likeness (QED) is 0.0565. The molecule has 4 aromatic rings. The first-order valence-electron chi connectivity index (χ1n) is 24.0. The number of phenolic OH excluding ortho intramolecular Hbond substituents is 1. The highest BCUT2D eigenvalue weighted by atomic mass is 16.7. The molecule has 0 saturated carbocycles. The summed E-state index contributed by atoms with van der Waals surface area (Å²) >= 11 is 0. The molecule has 7 rings (SSSR count). The Morgan fingerprint density at radius 3 is 2.38 bits per heavy atom. The van der Waals surface area contributed by atoms with Crippen molar-refractivity contribution in [3.05, 3.63) is 75.7 Å². The van der Waals surface area contributed by atoms with E-state index < -0.39 is 58.9 Å². The van der Waals surface area contributed by atoms with Crippen LogP contribution in [0.4, 0.5) is 5.69 Å². The van der Waals surface area contributed by atoms with E-state index in [-0.39, 0.29) is 84.8 Å². The maximum Gasteiger partial charge on any atom is 0.312 e. The third kappa shape index (κ3) is 9.49. The summed E-state index contributed by atoms with van der Waals surface area (Å²) in [5, 5.41) is 26.3. The van der Waals surface area contributed by atoms with Crippen LogP contribution in [0.2, 0.25) is 0 Å². The van der Waals surface area contributed by atoms with Gasteiger partial charge in [-0.15, -0.1) is 0 Å². The molecule has 3 aromatic carbocycles. The van der Waals surface area contributed by atoms with Crippen molar-refractivity contribution in [1.82, 2.24) is 4.98 Å². The molecule has 1 amide bonds. The fraction of sp³-hybridized carbons (Fsp3) is 0.537. The number of hydrogen-bond acceptors (Lipinski definition) is 13. The summed E-state index contributed by atoms with van der Waals surface area (Å²) in [6.07, 6.45) is 6.82. The molecule has 69 heavy (non-hydrogen) atoms. The lowest BCUT2D eigenvalue weighted by molar-refractivity contribution is -0.943. The van der Waals surface area contributed by atoms with Gasteiger partial charge in [0.1, 0.15) is 34.3 Å². The number of methoxy groups -OCH3 is 1. The lowest BCUT2D eigenvalue weighted by atomic mass is 9.73. The predicted octanol–water partition coefficient (Wildman–Crippen LogP) is 8.92. The summed E-state index contributed by atoms with van der Waals surface area (Å²) in [5.41, 5.74) is -0.102. The molecule has 4 heterocycles. The Hall–Kier alpha value is -5.77. The second-order valence-electron chi connectivity index (χ2n) is 21.2. The van der Waals surface area contributed by atoms with Crippen LogP contribution in [0.1, 0.15) is 98.5 Å². The van der Waals surface area contributed by atoms with E-state index in [0.717, 1.165) is 24.0 Å². The number of aromatic nitrogens is 1. The van der Waals surface area contributed by atoms with Crippen molar-refractivity contribution >= 4 is 56.3 Å². The standard InChI is InChI=1S/C54H69N3O12/c1-27-16-15-17-28(2)52(63)56-44-47(61)41-40(43-50(44)68-39-24-36(18-19-37(39)55-43)65-26-35-20-22-57(13,25-35)53(9,10)11)42-49(33(7)46(41)60)69-54(12,51(42)62)66-23-21-38(64-14)32(6)48(67-34(8)58)31(5)29(3)30(4)45(27)59/h15-19,21,23-24,27,29-32,35,38,45,48,59H,20,22,25-26H2,1-14H3,(H-,55,56,60,61,62,63)/p+1/b16-15+,23-21+,28-17-/t27-,29+,30-,31+,32+,35?,38-,45-,48-,54-,57?/m0/s1. The van der Waals surface area contributed by atoms with Gasteiger partial charge >= 0.3 is 11.8 Å². The van der Waals surface area contributed by atoms with E-state index in [9.17, 15) is 29.4 Å². The number of allylic oxidation sites excluding steroid dienone is 2. The van der Waals surface area contributed by atoms with Crippen LogP contribution in [0.5, 0.6) is 17.2 Å². The number of carbonyl (C=O) groups is 3. The zero-order chi connectivity index (χ0) is 50.7. The number of likely N-dealkylation sites (tertiary alicyclic amines) is 1. The van der Waals surface area contributed by atoms with E-state index in [1.165, 1.54) is 34.1 Å². The number of quaternary nitrogens is 1. The van der Waals surface area contributed by atoms with E-state index in [1.807, 2.05) is 34.6 Å². The predicted molar refractivity (Wildman–Crippen MR) is 264 cm³/mol. The first-order chi connectivity index (χ1) is 32.3. The Bertz CT molecular complexity index is 2840. The molecule has 11 atom stereocenters. The van der Waals surface area contributed by atoms with Crippen molar-refractivity contribution in [1.29, 1.82) is 0 Å². The van der Waals surface area contributed by atoms with Gasteiger partial charge in [-0.2, -0.15) is 0 Å². The number of anilines is 1. The number of hydrogen-bond donors (Lipinski definition) is 3. The van der Waals surface area contributed by atoms with E-state index in [1.54, 1.807) is 49.4 Å². The second-order valence-corrected chi connectivity index (χ2v) is 21.2. The highest BCUT2D eigenvalue weighted by molar-refractivity contribution is 6.26. The molecule has 3 aliphatic heterocycles. The number of amides is 1. The van der Waals surface area contributed by atoms with Crippen LogP contribution in [0.25, 0.3) is 33.0 Å². The molecular formula is C54H70N3O12+.